The minimum atomic E-state index is -0.743. The molecule has 1 spiro atoms. The number of carbonyl (C=O) groups is 3. The Morgan fingerprint density at radius 2 is 1.76 bits per heavy atom. The minimum absolute atomic E-state index is 0.0145. The Morgan fingerprint density at radius 1 is 1.03 bits per heavy atom. The average molecular weight is 516 g/mol. The Morgan fingerprint density at radius 3 is 2.45 bits per heavy atom. The van der Waals surface area contributed by atoms with E-state index in [9.17, 15) is 14.4 Å². The Kier molecular flexibility index (Phi) is 4.92. The van der Waals surface area contributed by atoms with Crippen LogP contribution < -0.4 is 20.3 Å². The number of amides is 3. The fourth-order valence-corrected chi connectivity index (χ4v) is 6.05. The second kappa shape index (κ2) is 8.14. The average Bonchev–Trinajstić information content (AvgIpc) is 3.32. The van der Waals surface area contributed by atoms with Gasteiger partial charge in [-0.15, -0.1) is 0 Å². The van der Waals surface area contributed by atoms with E-state index >= 15 is 4.39 Å². The van der Waals surface area contributed by atoms with Gasteiger partial charge in [0.15, 0.2) is 11.5 Å². The first-order valence-electron chi connectivity index (χ1n) is 13.0. The van der Waals surface area contributed by atoms with E-state index in [2.05, 4.69) is 5.10 Å². The van der Waals surface area contributed by atoms with E-state index in [0.29, 0.717) is 49.5 Å². The number of hydrogen-bond acceptors (Lipinski definition) is 5. The first-order chi connectivity index (χ1) is 18.4. The molecule has 3 amide bonds. The number of hydrogen-bond donors (Lipinski definition) is 1. The summed E-state index contributed by atoms with van der Waals surface area (Å²) in [6.45, 7) is 1.50. The maximum absolute atomic E-state index is 15.3. The Bertz CT molecular complexity index is 1520. The second-order valence-corrected chi connectivity index (χ2v) is 10.5. The van der Waals surface area contributed by atoms with Gasteiger partial charge in [-0.1, -0.05) is 0 Å². The molecule has 38 heavy (non-hydrogen) atoms. The number of primary amides is 1. The third kappa shape index (κ3) is 3.35. The van der Waals surface area contributed by atoms with Crippen molar-refractivity contribution in [1.82, 2.24) is 9.78 Å². The summed E-state index contributed by atoms with van der Waals surface area (Å²) in [6, 6.07) is 10.3. The normalized spacial score (nSPS) is 19.4. The summed E-state index contributed by atoms with van der Waals surface area (Å²) < 4.78 is 22.0. The van der Waals surface area contributed by atoms with Gasteiger partial charge < -0.3 is 20.3 Å². The van der Waals surface area contributed by atoms with Gasteiger partial charge in [-0.25, -0.2) is 9.07 Å². The van der Waals surface area contributed by atoms with Crippen molar-refractivity contribution in [1.29, 1.82) is 0 Å². The van der Waals surface area contributed by atoms with E-state index in [-0.39, 0.29) is 28.9 Å². The molecule has 2 fully saturated rings. The molecule has 4 heterocycles. The molecule has 0 atom stereocenters. The van der Waals surface area contributed by atoms with Crippen LogP contribution in [0.1, 0.15) is 64.2 Å². The van der Waals surface area contributed by atoms with Crippen molar-refractivity contribution in [2.75, 3.05) is 29.5 Å². The number of ether oxygens (including phenoxy) is 1. The molecule has 1 aromatic heterocycles. The number of aromatic nitrogens is 2. The van der Waals surface area contributed by atoms with E-state index < -0.39 is 17.1 Å². The van der Waals surface area contributed by atoms with Crippen LogP contribution >= 0.6 is 0 Å². The predicted molar refractivity (Wildman–Crippen MR) is 136 cm³/mol. The van der Waals surface area contributed by atoms with Gasteiger partial charge in [-0.2, -0.15) is 5.10 Å². The van der Waals surface area contributed by atoms with E-state index in [0.717, 1.165) is 36.9 Å². The van der Waals surface area contributed by atoms with Crippen molar-refractivity contribution in [2.45, 2.75) is 43.9 Å². The summed E-state index contributed by atoms with van der Waals surface area (Å²) in [5.41, 5.74) is 8.29. The summed E-state index contributed by atoms with van der Waals surface area (Å²) in [5, 5.41) is 4.42. The summed E-state index contributed by atoms with van der Waals surface area (Å²) in [5.74, 6) is -1.15. The van der Waals surface area contributed by atoms with Gasteiger partial charge >= 0.3 is 0 Å². The number of anilines is 2. The number of piperidine rings is 1. The van der Waals surface area contributed by atoms with Crippen LogP contribution in [0.15, 0.2) is 36.4 Å². The van der Waals surface area contributed by atoms with Crippen molar-refractivity contribution in [3.05, 3.63) is 64.7 Å². The van der Waals surface area contributed by atoms with Gasteiger partial charge in [0.1, 0.15) is 17.1 Å². The van der Waals surface area contributed by atoms with Gasteiger partial charge in [-0.3, -0.25) is 14.4 Å². The van der Waals surface area contributed by atoms with Gasteiger partial charge in [0.2, 0.25) is 5.91 Å². The van der Waals surface area contributed by atoms with E-state index in [1.54, 1.807) is 15.9 Å². The van der Waals surface area contributed by atoms with Crippen LogP contribution in [0, 0.1) is 5.82 Å². The van der Waals surface area contributed by atoms with Crippen LogP contribution in [0.25, 0.3) is 5.69 Å². The third-order valence-electron chi connectivity index (χ3n) is 8.19. The van der Waals surface area contributed by atoms with Crippen molar-refractivity contribution < 1.29 is 23.5 Å². The molecule has 7 rings (SSSR count). The molecule has 0 bridgehead atoms. The molecule has 10 heteroatoms. The zero-order chi connectivity index (χ0) is 26.2. The summed E-state index contributed by atoms with van der Waals surface area (Å²) >= 11 is 0. The Labute approximate surface area is 217 Å². The van der Waals surface area contributed by atoms with Gasteiger partial charge in [0.05, 0.1) is 6.61 Å². The van der Waals surface area contributed by atoms with Gasteiger partial charge in [0, 0.05) is 54.4 Å². The highest BCUT2D eigenvalue weighted by Crippen LogP contribution is 2.54. The summed E-state index contributed by atoms with van der Waals surface area (Å²) in [4.78, 5) is 42.3. The molecule has 0 unspecified atom stereocenters. The lowest BCUT2D eigenvalue weighted by atomic mass is 9.88. The quantitative estimate of drug-likeness (QED) is 0.574. The zero-order valence-electron chi connectivity index (χ0n) is 20.7. The van der Waals surface area contributed by atoms with Crippen LogP contribution in [0.5, 0.6) is 5.75 Å². The molecule has 0 radical (unpaired) electrons. The molecular formula is C28H26FN5O4. The lowest BCUT2D eigenvalue weighted by Crippen LogP contribution is -2.45. The fourth-order valence-electron chi connectivity index (χ4n) is 6.05. The summed E-state index contributed by atoms with van der Waals surface area (Å²) in [7, 11) is 0. The van der Waals surface area contributed by atoms with Crippen molar-refractivity contribution in [3.8, 4) is 11.4 Å². The number of carbonyl (C=O) groups excluding carboxylic acids is 3. The number of fused-ring (bicyclic) bond motifs is 3. The van der Waals surface area contributed by atoms with Crippen LogP contribution in [-0.2, 0) is 16.6 Å². The van der Waals surface area contributed by atoms with E-state index in [4.69, 9.17) is 10.5 Å². The lowest BCUT2D eigenvalue weighted by molar-refractivity contribution is -0.119. The fraction of sp³-hybridized carbons (Fsp3) is 0.357. The predicted octanol–water partition coefficient (Wildman–Crippen LogP) is 3.25. The zero-order valence-corrected chi connectivity index (χ0v) is 20.7. The van der Waals surface area contributed by atoms with Crippen molar-refractivity contribution in [2.24, 2.45) is 5.73 Å². The number of nitrogens with zero attached hydrogens (tertiary/aromatic N) is 4. The third-order valence-corrected chi connectivity index (χ3v) is 8.19. The molecule has 3 aliphatic heterocycles. The Hall–Kier alpha value is -4.21. The molecule has 4 aliphatic rings. The van der Waals surface area contributed by atoms with Crippen LogP contribution in [0.3, 0.4) is 0 Å². The first kappa shape index (κ1) is 22.9. The standard InChI is InChI=1S/C28H26FN5O4/c29-19-14-21-16(8-12-38-21)13-20(19)34-25-23(24(31-34)26(30)36)28(9-10-28)15-33(27(25)37)18-6-4-17(5-7-18)32-11-2-1-3-22(32)35/h4-7,13-14H,1-3,8-12,15H2,(H2,30,36). The Balaban J connectivity index is 1.32. The topological polar surface area (TPSA) is 111 Å². The molecule has 1 saturated carbocycles. The van der Waals surface area contributed by atoms with E-state index in [1.165, 1.54) is 10.7 Å². The van der Waals surface area contributed by atoms with Gasteiger partial charge in [-0.05, 0) is 61.6 Å². The summed E-state index contributed by atoms with van der Waals surface area (Å²) in [6.07, 6.45) is 4.53. The molecule has 2 N–H and O–H groups in total. The van der Waals surface area contributed by atoms with Crippen LogP contribution in [0.2, 0.25) is 0 Å². The number of nitrogens with two attached hydrogens (primary N) is 1. The number of benzene rings is 2. The molecule has 3 aromatic rings. The van der Waals surface area contributed by atoms with Crippen molar-refractivity contribution in [3.63, 3.8) is 0 Å². The SMILES string of the molecule is NC(=O)c1nn(-c2cc3c(cc2F)OCC3)c2c1C1(CC1)CN(c1ccc(N3CCCCC3=O)cc1)C2=O. The van der Waals surface area contributed by atoms with Crippen LogP contribution in [-0.4, -0.2) is 47.2 Å². The first-order valence-corrected chi connectivity index (χ1v) is 13.0. The second-order valence-electron chi connectivity index (χ2n) is 10.5. The van der Waals surface area contributed by atoms with Gasteiger partial charge in [0.25, 0.3) is 11.8 Å². The maximum Gasteiger partial charge on any atom is 0.277 e. The number of halogens is 1. The molecule has 1 saturated heterocycles. The highest BCUT2D eigenvalue weighted by Gasteiger charge is 2.56. The molecular weight excluding hydrogens is 489 g/mol. The number of rotatable bonds is 4. The molecule has 1 aliphatic carbocycles. The maximum atomic E-state index is 15.3. The van der Waals surface area contributed by atoms with E-state index in [1.807, 2.05) is 24.3 Å². The molecule has 9 nitrogen and oxygen atoms in total. The lowest BCUT2D eigenvalue weighted by Gasteiger charge is -2.34. The molecule has 2 aromatic carbocycles. The van der Waals surface area contributed by atoms with Crippen molar-refractivity contribution >= 4 is 29.1 Å². The minimum Gasteiger partial charge on any atom is -0.493 e. The smallest absolute Gasteiger partial charge is 0.277 e. The largest absolute Gasteiger partial charge is 0.493 e. The molecule has 194 valence electrons. The monoisotopic (exact) mass is 515 g/mol. The van der Waals surface area contributed by atoms with Crippen LogP contribution in [0.4, 0.5) is 15.8 Å². The highest BCUT2D eigenvalue weighted by atomic mass is 19.1. The highest BCUT2D eigenvalue weighted by molar-refractivity contribution is 6.11.